The summed E-state index contributed by atoms with van der Waals surface area (Å²) in [4.78, 5) is 22.2. The fourth-order valence-electron chi connectivity index (χ4n) is 2.87. The highest BCUT2D eigenvalue weighted by Crippen LogP contribution is 2.24. The largest absolute Gasteiger partial charge is 0.395 e. The third-order valence-corrected chi connectivity index (χ3v) is 5.49. The molecule has 0 atom stereocenters. The molecular formula is C20H22ClN3O2S. The molecule has 0 bridgehead atoms. The molecule has 5 nitrogen and oxygen atoms in total. The Kier molecular flexibility index (Phi) is 7.07. The average Bonchev–Trinajstić information content (AvgIpc) is 2.93. The highest BCUT2D eigenvalue weighted by atomic mass is 35.5. The zero-order valence-corrected chi connectivity index (χ0v) is 17.1. The van der Waals surface area contributed by atoms with E-state index in [0.717, 1.165) is 28.2 Å². The minimum absolute atomic E-state index is 0. The number of pyridine rings is 1. The Morgan fingerprint density at radius 3 is 2.52 bits per heavy atom. The third kappa shape index (κ3) is 4.53. The molecule has 27 heavy (non-hydrogen) atoms. The number of nitrogens with zero attached hydrogens (tertiary/aromatic N) is 3. The molecule has 0 aliphatic rings. The summed E-state index contributed by atoms with van der Waals surface area (Å²) in [5, 5.41) is 9.32. The van der Waals surface area contributed by atoms with Gasteiger partial charge in [-0.15, -0.1) is 12.4 Å². The number of aromatic nitrogens is 2. The van der Waals surface area contributed by atoms with E-state index >= 15 is 0 Å². The number of carbonyl (C=O) groups is 1. The molecule has 0 aliphatic heterocycles. The standard InChI is InChI=1S/C20H21N3O2S.ClH/c1-13-18(5-4-10-21-13)16-6-8-17(9-7-16)22-20-23(11-12-24)14(2)19(26-20)15(3)25;/h4-10,24H,11-12H2,1-3H3;1H/b22-20-;. The first-order valence-electron chi connectivity index (χ1n) is 8.40. The van der Waals surface area contributed by atoms with Gasteiger partial charge < -0.3 is 9.67 Å². The van der Waals surface area contributed by atoms with Crippen molar-refractivity contribution in [3.8, 4) is 11.1 Å². The van der Waals surface area contributed by atoms with Gasteiger partial charge in [0.25, 0.3) is 0 Å². The van der Waals surface area contributed by atoms with Gasteiger partial charge in [-0.1, -0.05) is 29.5 Å². The maximum absolute atomic E-state index is 11.8. The van der Waals surface area contributed by atoms with E-state index in [-0.39, 0.29) is 24.8 Å². The van der Waals surface area contributed by atoms with Crippen molar-refractivity contribution in [2.24, 2.45) is 4.99 Å². The molecule has 0 spiro atoms. The van der Waals surface area contributed by atoms with E-state index < -0.39 is 0 Å². The van der Waals surface area contributed by atoms with E-state index in [2.05, 4.69) is 9.98 Å². The predicted octanol–water partition coefficient (Wildman–Crippen LogP) is 4.08. The SMILES string of the molecule is CC(=O)c1s/c(=N\c2ccc(-c3cccnc3C)cc2)n(CCO)c1C.Cl. The summed E-state index contributed by atoms with van der Waals surface area (Å²) in [5.74, 6) is 0.0167. The highest BCUT2D eigenvalue weighted by Gasteiger charge is 2.13. The van der Waals surface area contributed by atoms with Crippen molar-refractivity contribution in [1.82, 2.24) is 9.55 Å². The second-order valence-corrected chi connectivity index (χ2v) is 7.00. The van der Waals surface area contributed by atoms with Crippen LogP contribution in [0, 0.1) is 13.8 Å². The molecule has 0 radical (unpaired) electrons. The summed E-state index contributed by atoms with van der Waals surface area (Å²) in [5.41, 5.74) is 4.82. The fourth-order valence-corrected chi connectivity index (χ4v) is 3.95. The molecule has 7 heteroatoms. The van der Waals surface area contributed by atoms with Crippen molar-refractivity contribution in [1.29, 1.82) is 0 Å². The molecule has 0 unspecified atom stereocenters. The lowest BCUT2D eigenvalue weighted by Crippen LogP contribution is -2.18. The number of thiazole rings is 1. The zero-order chi connectivity index (χ0) is 18.7. The van der Waals surface area contributed by atoms with Gasteiger partial charge in [0, 0.05) is 36.6 Å². The quantitative estimate of drug-likeness (QED) is 0.652. The van der Waals surface area contributed by atoms with Crippen LogP contribution in [0.25, 0.3) is 11.1 Å². The number of benzene rings is 1. The van der Waals surface area contributed by atoms with E-state index in [1.54, 1.807) is 13.1 Å². The molecule has 1 N–H and O–H groups in total. The minimum Gasteiger partial charge on any atom is -0.395 e. The van der Waals surface area contributed by atoms with E-state index in [0.29, 0.717) is 16.2 Å². The molecule has 0 saturated carbocycles. The van der Waals surface area contributed by atoms with Crippen LogP contribution >= 0.6 is 23.7 Å². The van der Waals surface area contributed by atoms with Crippen LogP contribution in [0.2, 0.25) is 0 Å². The number of hydrogen-bond donors (Lipinski definition) is 1. The molecule has 0 saturated heterocycles. The monoisotopic (exact) mass is 403 g/mol. The van der Waals surface area contributed by atoms with Crippen molar-refractivity contribution >= 4 is 35.2 Å². The fraction of sp³-hybridized carbons (Fsp3) is 0.250. The number of halogens is 1. The van der Waals surface area contributed by atoms with Crippen LogP contribution in [0.1, 0.15) is 28.0 Å². The van der Waals surface area contributed by atoms with Crippen LogP contribution in [0.4, 0.5) is 5.69 Å². The van der Waals surface area contributed by atoms with Crippen molar-refractivity contribution in [2.45, 2.75) is 27.3 Å². The Morgan fingerprint density at radius 2 is 1.93 bits per heavy atom. The number of hydrogen-bond acceptors (Lipinski definition) is 5. The van der Waals surface area contributed by atoms with E-state index in [1.807, 2.05) is 54.8 Å². The number of aliphatic hydroxyl groups excluding tert-OH is 1. The van der Waals surface area contributed by atoms with Crippen LogP contribution in [0.5, 0.6) is 0 Å². The maximum Gasteiger partial charge on any atom is 0.190 e. The lowest BCUT2D eigenvalue weighted by atomic mass is 10.0. The van der Waals surface area contributed by atoms with Crippen molar-refractivity contribution in [3.63, 3.8) is 0 Å². The topological polar surface area (TPSA) is 67.5 Å². The Morgan fingerprint density at radius 1 is 1.22 bits per heavy atom. The Labute approximate surface area is 168 Å². The summed E-state index contributed by atoms with van der Waals surface area (Å²) >= 11 is 1.36. The van der Waals surface area contributed by atoms with Crippen LogP contribution in [0.15, 0.2) is 47.6 Å². The molecule has 3 rings (SSSR count). The highest BCUT2D eigenvalue weighted by molar-refractivity contribution is 7.11. The number of Topliss-reactive ketones (excluding diaryl/α,β-unsaturated/α-hetero) is 1. The number of ketones is 1. The van der Waals surface area contributed by atoms with E-state index in [1.165, 1.54) is 11.3 Å². The van der Waals surface area contributed by atoms with Crippen LogP contribution in [-0.4, -0.2) is 27.0 Å². The van der Waals surface area contributed by atoms with Crippen LogP contribution < -0.4 is 4.80 Å². The normalized spacial score (nSPS) is 11.3. The van der Waals surface area contributed by atoms with Gasteiger partial charge in [0.15, 0.2) is 10.6 Å². The van der Waals surface area contributed by atoms with Crippen molar-refractivity contribution < 1.29 is 9.90 Å². The Bertz CT molecular complexity index is 1010. The number of carbonyl (C=O) groups excluding carboxylic acids is 1. The van der Waals surface area contributed by atoms with Crippen molar-refractivity contribution in [3.05, 3.63) is 63.7 Å². The summed E-state index contributed by atoms with van der Waals surface area (Å²) < 4.78 is 1.89. The average molecular weight is 404 g/mol. The van der Waals surface area contributed by atoms with Gasteiger partial charge >= 0.3 is 0 Å². The van der Waals surface area contributed by atoms with E-state index in [9.17, 15) is 9.90 Å². The number of rotatable bonds is 5. The summed E-state index contributed by atoms with van der Waals surface area (Å²) in [6.45, 7) is 5.85. The van der Waals surface area contributed by atoms with E-state index in [4.69, 9.17) is 0 Å². The molecule has 1 aromatic carbocycles. The Balaban J connectivity index is 0.00000261. The first-order valence-corrected chi connectivity index (χ1v) is 9.21. The molecule has 0 fully saturated rings. The lowest BCUT2D eigenvalue weighted by molar-refractivity contribution is 0.102. The van der Waals surface area contributed by atoms with Gasteiger partial charge in [0.1, 0.15) is 0 Å². The zero-order valence-electron chi connectivity index (χ0n) is 15.5. The predicted molar refractivity (Wildman–Crippen MR) is 111 cm³/mol. The van der Waals surface area contributed by atoms with Gasteiger partial charge in [-0.3, -0.25) is 9.78 Å². The Hall–Kier alpha value is -2.28. The second-order valence-electron chi connectivity index (χ2n) is 6.03. The molecule has 0 aliphatic carbocycles. The summed E-state index contributed by atoms with van der Waals surface area (Å²) in [6.07, 6.45) is 1.79. The van der Waals surface area contributed by atoms with Crippen molar-refractivity contribution in [2.75, 3.05) is 6.61 Å². The lowest BCUT2D eigenvalue weighted by Gasteiger charge is -2.05. The van der Waals surface area contributed by atoms with Gasteiger partial charge in [0.05, 0.1) is 17.2 Å². The molecule has 2 heterocycles. The minimum atomic E-state index is 0. The number of aryl methyl sites for hydroxylation is 1. The molecule has 0 amide bonds. The van der Waals surface area contributed by atoms with Gasteiger partial charge in [-0.25, -0.2) is 4.99 Å². The molecule has 2 aromatic heterocycles. The van der Waals surface area contributed by atoms with Gasteiger partial charge in [-0.05, 0) is 37.6 Å². The molecule has 142 valence electrons. The molecular weight excluding hydrogens is 382 g/mol. The summed E-state index contributed by atoms with van der Waals surface area (Å²) in [7, 11) is 0. The van der Waals surface area contributed by atoms with Gasteiger partial charge in [-0.2, -0.15) is 0 Å². The summed E-state index contributed by atoms with van der Waals surface area (Å²) in [6, 6.07) is 11.9. The maximum atomic E-state index is 11.8. The first kappa shape index (κ1) is 21.0. The first-order chi connectivity index (χ1) is 12.5. The van der Waals surface area contributed by atoms with Crippen LogP contribution in [0.3, 0.4) is 0 Å². The van der Waals surface area contributed by atoms with Crippen LogP contribution in [-0.2, 0) is 6.54 Å². The number of aliphatic hydroxyl groups is 1. The second kappa shape index (κ2) is 9.08. The smallest absolute Gasteiger partial charge is 0.190 e. The third-order valence-electron chi connectivity index (χ3n) is 4.21. The molecule has 3 aromatic rings. The van der Waals surface area contributed by atoms with Gasteiger partial charge in [0.2, 0.25) is 0 Å².